The highest BCUT2D eigenvalue weighted by Gasteiger charge is 2.53. The molecule has 2 aliphatic carbocycles. The fraction of sp³-hybridized carbons (Fsp3) is 0.500. The number of ether oxygens (including phenoxy) is 4. The van der Waals surface area contributed by atoms with Gasteiger partial charge in [0.05, 0.1) is 58.7 Å². The molecule has 0 radical (unpaired) electrons. The summed E-state index contributed by atoms with van der Waals surface area (Å²) < 4.78 is 41.6. The molecule has 6 heterocycles. The van der Waals surface area contributed by atoms with E-state index < -0.39 is 118 Å². The van der Waals surface area contributed by atoms with Gasteiger partial charge in [0.25, 0.3) is 17.2 Å². The number of aromatic nitrogens is 1. The molecule has 1 saturated carbocycles. The smallest absolute Gasteiger partial charge is 0.312 e. The van der Waals surface area contributed by atoms with Crippen molar-refractivity contribution in [3.8, 4) is 11.5 Å². The summed E-state index contributed by atoms with van der Waals surface area (Å²) in [6.07, 6.45) is 6.65. The molecule has 74 heavy (non-hydrogen) atoms. The van der Waals surface area contributed by atoms with Gasteiger partial charge in [-0.1, -0.05) is 45.9 Å². The van der Waals surface area contributed by atoms with E-state index in [1.54, 1.807) is 60.7 Å². The molecule has 0 spiro atoms. The molecule has 396 valence electrons. The largest absolute Gasteiger partial charge is 0.507 e. The molecule has 4 aliphatic heterocycles. The van der Waals surface area contributed by atoms with Crippen LogP contribution in [0.1, 0.15) is 127 Å². The summed E-state index contributed by atoms with van der Waals surface area (Å²) in [6.45, 7) is 16.2. The van der Waals surface area contributed by atoms with Crippen molar-refractivity contribution in [1.82, 2.24) is 14.6 Å². The number of nitrogens with one attached hydrogen (secondary N) is 1. The number of hydrogen-bond donors (Lipinski definition) is 4. The van der Waals surface area contributed by atoms with Gasteiger partial charge in [-0.05, 0) is 76.1 Å². The molecule has 17 nitrogen and oxygen atoms in total. The molecule has 10 atom stereocenters. The minimum Gasteiger partial charge on any atom is -0.507 e. The molecule has 3 aromatic rings. The predicted octanol–water partition coefficient (Wildman–Crippen LogP) is 6.41. The summed E-state index contributed by atoms with van der Waals surface area (Å²) >= 11 is 0. The lowest BCUT2D eigenvalue weighted by Crippen LogP contribution is -2.46. The number of halogens is 1. The number of fused-ring (bicyclic) bond motifs is 15. The van der Waals surface area contributed by atoms with Crippen LogP contribution in [0, 0.1) is 50.3 Å². The molecule has 1 aromatic carbocycles. The molecule has 18 heteroatoms. The Hall–Kier alpha value is -6.63. The number of benzene rings is 1. The topological polar surface area (TPSA) is 223 Å². The standard InChI is InChI=1S/C56H67FN4O13/c1-25-14-13-15-26(2)54(69)58-42-45(59(11)35-18-20-60(23-35)44-29(5)43-36(34-16-17-34)22-27(3)55(70)61(43)24-37(44)57)50(67)39-40(49(42)66)48(65)32(8)52-41(39)53(68)56(10,74-52)72-21-19-38(71-12)28(4)51(73-33(9)62)31(7)47(64)30(6)46(25)63/h13-15,19,21-22,24-25,28,30-31,34-35,38,46-47,51,63-65H,16-18,20,23H2,1-12H3,(H,58,69)/b14-13+,21-19+,26-15-/t25-,28+,30+,31+,35?,38-,46-,47+,51+,56-/m0/s1. The van der Waals surface area contributed by atoms with Crippen molar-refractivity contribution >= 4 is 40.4 Å². The number of likely N-dealkylation sites (N-methyl/N-ethyl adjacent to an activating group) is 1. The molecule has 1 unspecified atom stereocenters. The van der Waals surface area contributed by atoms with Crippen molar-refractivity contribution in [3.63, 3.8) is 0 Å². The van der Waals surface area contributed by atoms with E-state index in [0.717, 1.165) is 24.7 Å². The van der Waals surface area contributed by atoms with Crippen LogP contribution in [-0.2, 0) is 23.8 Å². The maximum absolute atomic E-state index is 16.4. The number of hydrogen-bond acceptors (Lipinski definition) is 15. The van der Waals surface area contributed by atoms with Crippen molar-refractivity contribution < 1.29 is 62.6 Å². The van der Waals surface area contributed by atoms with Crippen LogP contribution in [0.2, 0.25) is 0 Å². The van der Waals surface area contributed by atoms with Crippen LogP contribution < -0.4 is 20.5 Å². The van der Waals surface area contributed by atoms with E-state index in [1.807, 2.05) is 11.0 Å². The Bertz CT molecular complexity index is 3060. The number of phenolic OH excluding ortho intramolecular Hbond substituents is 1. The van der Waals surface area contributed by atoms with Gasteiger partial charge in [-0.3, -0.25) is 33.2 Å². The van der Waals surface area contributed by atoms with Crippen molar-refractivity contribution in [1.29, 1.82) is 0 Å². The Labute approximate surface area is 429 Å². The number of methoxy groups -OCH3 is 1. The van der Waals surface area contributed by atoms with Crippen LogP contribution in [0.15, 0.2) is 64.6 Å². The maximum Gasteiger partial charge on any atom is 0.312 e. The number of aliphatic hydroxyl groups is 2. The number of aliphatic hydroxyl groups excluding tert-OH is 2. The minimum atomic E-state index is -2.17. The zero-order valence-electron chi connectivity index (χ0n) is 44.0. The summed E-state index contributed by atoms with van der Waals surface area (Å²) in [7, 11) is 2.98. The fourth-order valence-electron chi connectivity index (χ4n) is 11.3. The Morgan fingerprint density at radius 1 is 0.919 bits per heavy atom. The lowest BCUT2D eigenvalue weighted by molar-refractivity contribution is -0.160. The Balaban J connectivity index is 1.22. The van der Waals surface area contributed by atoms with Gasteiger partial charge in [0.15, 0.2) is 5.82 Å². The third-order valence-corrected chi connectivity index (χ3v) is 16.0. The number of Topliss-reactive ketones (excluding diaryl/α,β-unsaturated/α-hetero) is 3. The van der Waals surface area contributed by atoms with Gasteiger partial charge >= 0.3 is 11.8 Å². The Morgan fingerprint density at radius 3 is 2.26 bits per heavy atom. The van der Waals surface area contributed by atoms with E-state index in [9.17, 15) is 34.5 Å². The molecule has 4 N–H and O–H groups in total. The highest BCUT2D eigenvalue weighted by molar-refractivity contribution is 6.32. The lowest BCUT2D eigenvalue weighted by atomic mass is 9.78. The number of aromatic hydroxyl groups is 1. The molecule has 9 rings (SSSR count). The van der Waals surface area contributed by atoms with Gasteiger partial charge in [-0.2, -0.15) is 0 Å². The second kappa shape index (κ2) is 20.2. The SMILES string of the molecule is CO[C@H]1/C=C/O[C@@]2(C)Oc3c(C)c(O)c4c(c3C2=O)C(=O)C(N(C)C2CCN(c3c(F)cn5c(=O)c(C)cc(C6CC6)c5c3C)C2)=C(NC(=O)/C(C)=C\C=C\[C@H](C)[C@H](O)[C@@H](C)[C@@H](O)[C@@H](C)[C@H](OC(C)=O)[C@@H]1C)C4=O. The lowest BCUT2D eigenvalue weighted by Gasteiger charge is -2.38. The second-order valence-corrected chi connectivity index (χ2v) is 21.0. The van der Waals surface area contributed by atoms with Gasteiger partial charge in [0, 0.05) is 87.5 Å². The van der Waals surface area contributed by atoms with Crippen LogP contribution in [0.5, 0.6) is 11.5 Å². The van der Waals surface area contributed by atoms with Crippen LogP contribution in [0.3, 0.4) is 0 Å². The third kappa shape index (κ3) is 9.22. The number of phenols is 1. The zero-order valence-corrected chi connectivity index (χ0v) is 44.0. The van der Waals surface area contributed by atoms with Crippen LogP contribution in [-0.4, -0.2) is 117 Å². The van der Waals surface area contributed by atoms with E-state index >= 15 is 14.0 Å². The van der Waals surface area contributed by atoms with Crippen LogP contribution in [0.4, 0.5) is 10.1 Å². The maximum atomic E-state index is 16.4. The Morgan fingerprint density at radius 2 is 1.61 bits per heavy atom. The van der Waals surface area contributed by atoms with Gasteiger partial charge in [0.2, 0.25) is 11.6 Å². The summed E-state index contributed by atoms with van der Waals surface area (Å²) in [5.41, 5.74) is 0.683. The first-order valence-electron chi connectivity index (χ1n) is 25.2. The van der Waals surface area contributed by atoms with E-state index in [2.05, 4.69) is 5.32 Å². The number of carbonyl (C=O) groups is 5. The van der Waals surface area contributed by atoms with E-state index in [0.29, 0.717) is 35.3 Å². The van der Waals surface area contributed by atoms with Gasteiger partial charge in [0.1, 0.15) is 29.0 Å². The minimum absolute atomic E-state index is 0.0500. The van der Waals surface area contributed by atoms with E-state index in [1.165, 1.54) is 62.5 Å². The van der Waals surface area contributed by atoms with Crippen molar-refractivity contribution in [2.75, 3.05) is 32.1 Å². The zero-order chi connectivity index (χ0) is 54.2. The van der Waals surface area contributed by atoms with Crippen LogP contribution in [0.25, 0.3) is 5.52 Å². The number of rotatable bonds is 6. The average molecular weight is 1020 g/mol. The number of amides is 1. The molecule has 6 aliphatic rings. The number of carbonyl (C=O) groups excluding carboxylic acids is 5. The van der Waals surface area contributed by atoms with Gasteiger partial charge in [-0.15, -0.1) is 0 Å². The van der Waals surface area contributed by atoms with Crippen molar-refractivity contribution in [2.45, 2.75) is 131 Å². The van der Waals surface area contributed by atoms with Crippen molar-refractivity contribution in [2.24, 2.45) is 23.7 Å². The quantitative estimate of drug-likeness (QED) is 0.196. The molecule has 1 amide bonds. The first-order valence-corrected chi connectivity index (χ1v) is 25.2. The number of allylic oxidation sites excluding steroid dienone is 4. The number of esters is 1. The number of nitrogens with zero attached hydrogens (tertiary/aromatic N) is 3. The summed E-state index contributed by atoms with van der Waals surface area (Å²) in [5, 5.41) is 37.6. The number of anilines is 1. The van der Waals surface area contributed by atoms with Crippen molar-refractivity contribution in [3.05, 3.63) is 115 Å². The normalized spacial score (nSPS) is 30.4. The summed E-state index contributed by atoms with van der Waals surface area (Å²) in [5.74, 6) is -10.2. The number of aryl methyl sites for hydroxylation is 2. The molecule has 2 fully saturated rings. The van der Waals surface area contributed by atoms with E-state index in [4.69, 9.17) is 18.9 Å². The average Bonchev–Trinajstić information content (AvgIpc) is 4.03. The van der Waals surface area contributed by atoms with Gasteiger partial charge < -0.3 is 49.4 Å². The first kappa shape index (κ1) is 53.7. The monoisotopic (exact) mass is 1020 g/mol. The molecule has 1 saturated heterocycles. The Kier molecular flexibility index (Phi) is 14.7. The molecule has 5 bridgehead atoms. The highest BCUT2D eigenvalue weighted by Crippen LogP contribution is 2.50. The predicted molar refractivity (Wildman–Crippen MR) is 272 cm³/mol. The van der Waals surface area contributed by atoms with Gasteiger partial charge in [-0.25, -0.2) is 4.39 Å². The highest BCUT2D eigenvalue weighted by atomic mass is 19.1. The number of pyridine rings is 2. The molecular weight excluding hydrogens is 956 g/mol. The molecular formula is C56H67FN4O13. The van der Waals surface area contributed by atoms with E-state index in [-0.39, 0.29) is 46.2 Å². The van der Waals surface area contributed by atoms with Crippen LogP contribution >= 0.6 is 0 Å². The first-order chi connectivity index (χ1) is 34.8. The number of ketones is 3. The fourth-order valence-corrected chi connectivity index (χ4v) is 11.3. The summed E-state index contributed by atoms with van der Waals surface area (Å²) in [4.78, 5) is 88.7. The molecule has 2 aromatic heterocycles. The third-order valence-electron chi connectivity index (χ3n) is 16.0. The summed E-state index contributed by atoms with van der Waals surface area (Å²) in [6, 6.07) is 1.30. The second-order valence-electron chi connectivity index (χ2n) is 21.0.